The minimum absolute atomic E-state index is 0.368. The maximum absolute atomic E-state index is 11.3. The lowest BCUT2D eigenvalue weighted by molar-refractivity contribution is -0.133. The zero-order valence-corrected chi connectivity index (χ0v) is 10.3. The van der Waals surface area contributed by atoms with Gasteiger partial charge in [-0.25, -0.2) is 4.99 Å². The third kappa shape index (κ3) is 2.84. The number of nitrogens with one attached hydrogen (secondary N) is 1. The monoisotopic (exact) mass is 245 g/mol. The number of aliphatic imine (C=N–C) groups is 1. The zero-order valence-electron chi connectivity index (χ0n) is 10.3. The number of carbonyl (C=O) groups excluding carboxylic acids is 2. The largest absolute Gasteiger partial charge is 0.369 e. The van der Waals surface area contributed by atoms with E-state index in [1.807, 2.05) is 6.92 Å². The van der Waals surface area contributed by atoms with E-state index >= 15 is 0 Å². The first-order valence-corrected chi connectivity index (χ1v) is 5.92. The number of dihydropyridines is 1. The number of likely N-dealkylation sites (tertiary alicyclic amines) is 1. The molecule has 1 saturated heterocycles. The molecule has 1 atom stereocenters. The molecule has 0 aromatic heterocycles. The van der Waals surface area contributed by atoms with E-state index < -0.39 is 11.7 Å². The Labute approximate surface area is 106 Å². The summed E-state index contributed by atoms with van der Waals surface area (Å²) in [6.45, 7) is 4.16. The Kier molecular flexibility index (Phi) is 3.90. The van der Waals surface area contributed by atoms with Gasteiger partial charge < -0.3 is 10.2 Å². The van der Waals surface area contributed by atoms with Gasteiger partial charge in [0.05, 0.1) is 18.5 Å². The van der Waals surface area contributed by atoms with Crippen LogP contribution in [0.15, 0.2) is 16.8 Å². The maximum atomic E-state index is 11.3. The molecule has 0 aliphatic carbocycles. The second-order valence-electron chi connectivity index (χ2n) is 4.24. The van der Waals surface area contributed by atoms with Gasteiger partial charge in [0.1, 0.15) is 0 Å². The van der Waals surface area contributed by atoms with Crippen LogP contribution in [0.5, 0.6) is 0 Å². The first-order chi connectivity index (χ1) is 8.70. The van der Waals surface area contributed by atoms with Crippen LogP contribution in [0.1, 0.15) is 13.3 Å². The Morgan fingerprint density at radius 3 is 3.11 bits per heavy atom. The van der Waals surface area contributed by atoms with E-state index in [-0.39, 0.29) is 0 Å². The molecule has 0 spiro atoms. The molecule has 94 valence electrons. The number of carbonyl (C=O) groups is 2. The van der Waals surface area contributed by atoms with E-state index in [0.717, 1.165) is 25.2 Å². The summed E-state index contributed by atoms with van der Waals surface area (Å²) in [5, 5.41) is 3.33. The summed E-state index contributed by atoms with van der Waals surface area (Å²) in [5.74, 6) is 4.57. The van der Waals surface area contributed by atoms with E-state index in [4.69, 9.17) is 0 Å². The highest BCUT2D eigenvalue weighted by atomic mass is 16.2. The highest BCUT2D eigenvalue weighted by Crippen LogP contribution is 2.15. The number of hydrogen-bond acceptors (Lipinski definition) is 4. The van der Waals surface area contributed by atoms with Crippen molar-refractivity contribution in [2.75, 3.05) is 19.6 Å². The van der Waals surface area contributed by atoms with Crippen molar-refractivity contribution in [2.45, 2.75) is 19.4 Å². The predicted octanol–water partition coefficient (Wildman–Crippen LogP) is -0.262. The van der Waals surface area contributed by atoms with Crippen molar-refractivity contribution in [1.29, 1.82) is 0 Å². The molecule has 0 aromatic carbocycles. The first-order valence-electron chi connectivity index (χ1n) is 5.92. The molecule has 0 aromatic rings. The molecule has 5 heteroatoms. The molecule has 0 unspecified atom stereocenters. The van der Waals surface area contributed by atoms with E-state index in [1.165, 1.54) is 12.3 Å². The predicted molar refractivity (Wildman–Crippen MR) is 68.0 cm³/mol. The van der Waals surface area contributed by atoms with Crippen LogP contribution in [-0.4, -0.2) is 48.5 Å². The molecular weight excluding hydrogens is 230 g/mol. The van der Waals surface area contributed by atoms with E-state index in [0.29, 0.717) is 12.6 Å². The fraction of sp³-hybridized carbons (Fsp3) is 0.462. The standard InChI is InChI=1S/C13H15N3O2/c1-2-3-5-14-10-4-6-16(9-10)11-7-12(17)13(18)15-8-11/h7-8,10,14H,4-6,9H2,1H3/t10-/m1/s1. The zero-order chi connectivity index (χ0) is 13.0. The fourth-order valence-corrected chi connectivity index (χ4v) is 2.04. The first kappa shape index (κ1) is 12.5. The summed E-state index contributed by atoms with van der Waals surface area (Å²) >= 11 is 0. The topological polar surface area (TPSA) is 61.8 Å². The van der Waals surface area contributed by atoms with Crippen molar-refractivity contribution < 1.29 is 9.59 Å². The van der Waals surface area contributed by atoms with E-state index in [2.05, 4.69) is 27.0 Å². The van der Waals surface area contributed by atoms with Crippen LogP contribution in [0.25, 0.3) is 0 Å². The molecule has 2 aliphatic heterocycles. The van der Waals surface area contributed by atoms with Crippen molar-refractivity contribution in [1.82, 2.24) is 10.2 Å². The third-order valence-corrected chi connectivity index (χ3v) is 3.01. The smallest absolute Gasteiger partial charge is 0.317 e. The third-order valence-electron chi connectivity index (χ3n) is 3.01. The van der Waals surface area contributed by atoms with Crippen LogP contribution in [0.2, 0.25) is 0 Å². The molecule has 5 nitrogen and oxygen atoms in total. The second-order valence-corrected chi connectivity index (χ2v) is 4.24. The Hall–Kier alpha value is -1.93. The quantitative estimate of drug-likeness (QED) is 0.549. The van der Waals surface area contributed by atoms with E-state index in [9.17, 15) is 9.59 Å². The number of amides is 1. The highest BCUT2D eigenvalue weighted by molar-refractivity contribution is 6.44. The van der Waals surface area contributed by atoms with Gasteiger partial charge >= 0.3 is 5.91 Å². The average molecular weight is 245 g/mol. The van der Waals surface area contributed by atoms with Gasteiger partial charge in [0.2, 0.25) is 5.78 Å². The summed E-state index contributed by atoms with van der Waals surface area (Å²) < 4.78 is 0. The lowest BCUT2D eigenvalue weighted by atomic mass is 10.2. The molecule has 2 heterocycles. The van der Waals surface area contributed by atoms with Gasteiger partial charge in [-0.2, -0.15) is 0 Å². The van der Waals surface area contributed by atoms with Gasteiger partial charge in [-0.1, -0.05) is 5.92 Å². The van der Waals surface area contributed by atoms with Crippen LogP contribution in [0.4, 0.5) is 0 Å². The number of hydrogen-bond donors (Lipinski definition) is 1. The molecule has 1 amide bonds. The average Bonchev–Trinajstić information content (AvgIpc) is 2.82. The Morgan fingerprint density at radius 1 is 1.56 bits per heavy atom. The maximum Gasteiger partial charge on any atom is 0.317 e. The van der Waals surface area contributed by atoms with Crippen molar-refractivity contribution in [3.05, 3.63) is 11.8 Å². The van der Waals surface area contributed by atoms with Crippen molar-refractivity contribution >= 4 is 17.9 Å². The molecule has 2 rings (SSSR count). The Balaban J connectivity index is 1.91. The fourth-order valence-electron chi connectivity index (χ4n) is 2.04. The Bertz CT molecular complexity index is 482. The molecule has 0 bridgehead atoms. The second kappa shape index (κ2) is 5.61. The lowest BCUT2D eigenvalue weighted by Crippen LogP contribution is -2.33. The molecular formula is C13H15N3O2. The van der Waals surface area contributed by atoms with Crippen LogP contribution in [-0.2, 0) is 9.59 Å². The van der Waals surface area contributed by atoms with Gasteiger partial charge in [-0.15, -0.1) is 5.92 Å². The SMILES string of the molecule is CC#CCN[C@@H]1CCN(C2=CC(=O)C(=O)N=C2)C1. The van der Waals surface area contributed by atoms with Gasteiger partial charge in [-0.3, -0.25) is 9.59 Å². The molecule has 18 heavy (non-hydrogen) atoms. The van der Waals surface area contributed by atoms with Crippen molar-refractivity contribution in [3.63, 3.8) is 0 Å². The minimum Gasteiger partial charge on any atom is -0.369 e. The molecule has 1 fully saturated rings. The summed E-state index contributed by atoms with van der Waals surface area (Å²) in [4.78, 5) is 27.8. The number of nitrogens with zero attached hydrogens (tertiary/aromatic N) is 2. The number of rotatable bonds is 3. The Morgan fingerprint density at radius 2 is 2.39 bits per heavy atom. The van der Waals surface area contributed by atoms with Crippen molar-refractivity contribution in [2.24, 2.45) is 4.99 Å². The highest BCUT2D eigenvalue weighted by Gasteiger charge is 2.25. The van der Waals surface area contributed by atoms with E-state index in [1.54, 1.807) is 0 Å². The van der Waals surface area contributed by atoms with Crippen LogP contribution >= 0.6 is 0 Å². The molecule has 0 saturated carbocycles. The number of allylic oxidation sites excluding steroid dienone is 1. The van der Waals surface area contributed by atoms with Gasteiger partial charge in [-0.05, 0) is 13.3 Å². The van der Waals surface area contributed by atoms with Crippen LogP contribution in [0, 0.1) is 11.8 Å². The van der Waals surface area contributed by atoms with Gasteiger partial charge in [0.25, 0.3) is 0 Å². The minimum atomic E-state index is -0.689. The lowest BCUT2D eigenvalue weighted by Gasteiger charge is -2.20. The normalized spacial score (nSPS) is 22.8. The number of ketones is 1. The molecule has 2 aliphatic rings. The van der Waals surface area contributed by atoms with Crippen molar-refractivity contribution in [3.8, 4) is 11.8 Å². The summed E-state index contributed by atoms with van der Waals surface area (Å²) in [7, 11) is 0. The van der Waals surface area contributed by atoms with Crippen LogP contribution in [0.3, 0.4) is 0 Å². The van der Waals surface area contributed by atoms with Gasteiger partial charge in [0.15, 0.2) is 0 Å². The molecule has 0 radical (unpaired) electrons. The molecule has 1 N–H and O–H groups in total. The summed E-state index contributed by atoms with van der Waals surface area (Å²) in [6.07, 6.45) is 3.83. The summed E-state index contributed by atoms with van der Waals surface area (Å²) in [5.41, 5.74) is 0.727. The van der Waals surface area contributed by atoms with Crippen LogP contribution < -0.4 is 5.32 Å². The van der Waals surface area contributed by atoms with Gasteiger partial charge in [0, 0.05) is 25.2 Å². The summed E-state index contributed by atoms with van der Waals surface area (Å²) in [6, 6.07) is 0.368.